The molecule has 172 valence electrons. The van der Waals surface area contributed by atoms with Gasteiger partial charge in [0, 0.05) is 58.4 Å². The Bertz CT molecular complexity index is 935. The van der Waals surface area contributed by atoms with Crippen LogP contribution >= 0.6 is 0 Å². The summed E-state index contributed by atoms with van der Waals surface area (Å²) in [5.41, 5.74) is 1.83. The highest BCUT2D eigenvalue weighted by Crippen LogP contribution is 2.31. The Morgan fingerprint density at radius 1 is 1.22 bits per heavy atom. The summed E-state index contributed by atoms with van der Waals surface area (Å²) in [6.45, 7) is 10.8. The summed E-state index contributed by atoms with van der Waals surface area (Å²) in [6.07, 6.45) is 0.792. The maximum absolute atomic E-state index is 12.3. The van der Waals surface area contributed by atoms with E-state index in [9.17, 15) is 4.79 Å². The van der Waals surface area contributed by atoms with Crippen molar-refractivity contribution in [1.29, 1.82) is 0 Å². The second-order valence-corrected chi connectivity index (χ2v) is 8.08. The minimum atomic E-state index is -0.00184. The first kappa shape index (κ1) is 22.1. The highest BCUT2D eigenvalue weighted by atomic mass is 16.5. The number of piperazine rings is 1. The Morgan fingerprint density at radius 2 is 2.03 bits per heavy atom. The smallest absolute Gasteiger partial charge is 0.265 e. The zero-order valence-corrected chi connectivity index (χ0v) is 18.9. The molecular weight excluding hydrogens is 408 g/mol. The van der Waals surface area contributed by atoms with E-state index < -0.39 is 0 Å². The molecule has 2 aliphatic heterocycles. The molecule has 9 nitrogen and oxygen atoms in total. The molecule has 4 rings (SSSR count). The molecule has 3 heterocycles. The maximum Gasteiger partial charge on any atom is 0.265 e. The van der Waals surface area contributed by atoms with Crippen LogP contribution in [0.1, 0.15) is 24.8 Å². The van der Waals surface area contributed by atoms with Crippen LogP contribution in [0, 0.1) is 6.92 Å². The number of rotatable bonds is 7. The van der Waals surface area contributed by atoms with Gasteiger partial charge in [-0.05, 0) is 32.4 Å². The largest absolute Gasteiger partial charge is 0.482 e. The number of ether oxygens (including phenoxy) is 1. The van der Waals surface area contributed by atoms with Crippen molar-refractivity contribution in [3.8, 4) is 5.75 Å². The Morgan fingerprint density at radius 3 is 2.78 bits per heavy atom. The van der Waals surface area contributed by atoms with Crippen LogP contribution in [-0.4, -0.2) is 79.2 Å². The summed E-state index contributed by atoms with van der Waals surface area (Å²) >= 11 is 0. The van der Waals surface area contributed by atoms with Crippen LogP contribution in [0.3, 0.4) is 0 Å². The molecule has 1 aromatic carbocycles. The lowest BCUT2D eigenvalue weighted by Crippen LogP contribution is -2.52. The number of nitrogens with zero attached hydrogens (tertiary/aromatic N) is 5. The van der Waals surface area contributed by atoms with Gasteiger partial charge in [0.1, 0.15) is 11.5 Å². The van der Waals surface area contributed by atoms with Gasteiger partial charge in [-0.2, -0.15) is 0 Å². The third kappa shape index (κ3) is 5.40. The van der Waals surface area contributed by atoms with Crippen molar-refractivity contribution in [3.63, 3.8) is 0 Å². The summed E-state index contributed by atoms with van der Waals surface area (Å²) in [5.74, 6) is 2.56. The maximum atomic E-state index is 12.3. The molecule has 0 bridgehead atoms. The van der Waals surface area contributed by atoms with Crippen LogP contribution in [0.5, 0.6) is 5.75 Å². The van der Waals surface area contributed by atoms with Gasteiger partial charge in [0.15, 0.2) is 12.6 Å². The third-order valence-electron chi connectivity index (χ3n) is 5.68. The molecule has 1 amide bonds. The van der Waals surface area contributed by atoms with Gasteiger partial charge in [-0.25, -0.2) is 0 Å². The fourth-order valence-electron chi connectivity index (χ4n) is 4.08. The van der Waals surface area contributed by atoms with Crippen molar-refractivity contribution in [2.45, 2.75) is 26.8 Å². The van der Waals surface area contributed by atoms with E-state index in [0.717, 1.165) is 74.5 Å². The number of guanidine groups is 1. The summed E-state index contributed by atoms with van der Waals surface area (Å²) < 4.78 is 10.7. The average molecular weight is 441 g/mol. The topological polar surface area (TPSA) is 86.4 Å². The van der Waals surface area contributed by atoms with Crippen molar-refractivity contribution in [3.05, 3.63) is 41.8 Å². The monoisotopic (exact) mass is 440 g/mol. The molecule has 32 heavy (non-hydrogen) atoms. The van der Waals surface area contributed by atoms with Gasteiger partial charge in [-0.15, -0.1) is 0 Å². The zero-order chi connectivity index (χ0) is 22.3. The highest BCUT2D eigenvalue weighted by Gasteiger charge is 2.25. The minimum absolute atomic E-state index is 0.00184. The van der Waals surface area contributed by atoms with Gasteiger partial charge in [0.25, 0.3) is 5.91 Å². The van der Waals surface area contributed by atoms with E-state index in [1.807, 2.05) is 42.2 Å². The number of aryl methyl sites for hydroxylation is 1. The van der Waals surface area contributed by atoms with Crippen molar-refractivity contribution in [2.24, 2.45) is 4.99 Å². The minimum Gasteiger partial charge on any atom is -0.482 e. The molecule has 1 aromatic heterocycles. The Kier molecular flexibility index (Phi) is 7.26. The molecular formula is C23H32N6O3. The van der Waals surface area contributed by atoms with Gasteiger partial charge < -0.3 is 24.4 Å². The number of para-hydroxylation sites is 2. The lowest BCUT2D eigenvalue weighted by atomic mass is 10.2. The number of fused-ring (bicyclic) bond motifs is 1. The molecule has 1 saturated heterocycles. The summed E-state index contributed by atoms with van der Waals surface area (Å²) in [5, 5.41) is 7.51. The number of carbonyl (C=O) groups excluding carboxylic acids is 1. The lowest BCUT2D eigenvalue weighted by Gasteiger charge is -2.36. The molecule has 0 saturated carbocycles. The molecule has 2 aromatic rings. The van der Waals surface area contributed by atoms with Crippen molar-refractivity contribution in [2.75, 3.05) is 57.3 Å². The van der Waals surface area contributed by atoms with E-state index in [0.29, 0.717) is 13.1 Å². The Hall–Kier alpha value is -3.07. The number of nitrogens with one attached hydrogen (secondary N) is 1. The standard InChI is InChI=1S/C23H32N6O3/c1-3-24-23(28-13-11-27(12-14-28)16-19-15-18(2)32-26-19)25-9-6-10-29-20-7-4-5-8-21(20)31-17-22(29)30/h4-5,7-8,15H,3,6,9-14,16-17H2,1-2H3,(H,24,25). The van der Waals surface area contributed by atoms with E-state index in [-0.39, 0.29) is 12.5 Å². The fourth-order valence-corrected chi connectivity index (χ4v) is 4.08. The second kappa shape index (κ2) is 10.5. The predicted molar refractivity (Wildman–Crippen MR) is 123 cm³/mol. The fraction of sp³-hybridized carbons (Fsp3) is 0.522. The van der Waals surface area contributed by atoms with E-state index in [2.05, 4.69) is 27.2 Å². The third-order valence-corrected chi connectivity index (χ3v) is 5.68. The molecule has 0 atom stereocenters. The van der Waals surface area contributed by atoms with Gasteiger partial charge in [-0.1, -0.05) is 17.3 Å². The molecule has 0 aliphatic carbocycles. The lowest BCUT2D eigenvalue weighted by molar-refractivity contribution is -0.121. The normalized spacial score (nSPS) is 17.3. The molecule has 1 N–H and O–H groups in total. The quantitative estimate of drug-likeness (QED) is 0.400. The van der Waals surface area contributed by atoms with E-state index in [1.165, 1.54) is 0 Å². The number of hydrogen-bond donors (Lipinski definition) is 1. The average Bonchev–Trinajstić information content (AvgIpc) is 3.22. The predicted octanol–water partition coefficient (Wildman–Crippen LogP) is 1.88. The number of carbonyl (C=O) groups is 1. The second-order valence-electron chi connectivity index (χ2n) is 8.08. The first-order chi connectivity index (χ1) is 15.6. The van der Waals surface area contributed by atoms with Gasteiger partial charge >= 0.3 is 0 Å². The summed E-state index contributed by atoms with van der Waals surface area (Å²) in [4.78, 5) is 23.7. The highest BCUT2D eigenvalue weighted by molar-refractivity contribution is 5.97. The molecule has 1 fully saturated rings. The summed E-state index contributed by atoms with van der Waals surface area (Å²) in [6, 6.07) is 9.68. The molecule has 9 heteroatoms. The van der Waals surface area contributed by atoms with Crippen molar-refractivity contribution >= 4 is 17.6 Å². The van der Waals surface area contributed by atoms with Crippen LogP contribution < -0.4 is 15.0 Å². The number of aliphatic imine (C=N–C) groups is 1. The first-order valence-electron chi connectivity index (χ1n) is 11.3. The van der Waals surface area contributed by atoms with Crippen LogP contribution in [0.2, 0.25) is 0 Å². The molecule has 0 spiro atoms. The van der Waals surface area contributed by atoms with Crippen LogP contribution in [0.15, 0.2) is 39.8 Å². The van der Waals surface area contributed by atoms with E-state index in [4.69, 9.17) is 14.3 Å². The molecule has 0 radical (unpaired) electrons. The van der Waals surface area contributed by atoms with E-state index in [1.54, 1.807) is 0 Å². The number of amides is 1. The van der Waals surface area contributed by atoms with Crippen LogP contribution in [0.4, 0.5) is 5.69 Å². The SMILES string of the molecule is CCNC(=NCCCN1C(=O)COc2ccccc21)N1CCN(Cc2cc(C)on2)CC1. The number of anilines is 1. The van der Waals surface area contributed by atoms with Crippen molar-refractivity contribution < 1.29 is 14.1 Å². The van der Waals surface area contributed by atoms with Crippen molar-refractivity contribution in [1.82, 2.24) is 20.3 Å². The zero-order valence-electron chi connectivity index (χ0n) is 18.9. The first-order valence-corrected chi connectivity index (χ1v) is 11.3. The number of hydrogen-bond acceptors (Lipinski definition) is 6. The Labute approximate surface area is 189 Å². The van der Waals surface area contributed by atoms with Gasteiger partial charge in [-0.3, -0.25) is 14.7 Å². The molecule has 2 aliphatic rings. The van der Waals surface area contributed by atoms with E-state index >= 15 is 0 Å². The summed E-state index contributed by atoms with van der Waals surface area (Å²) in [7, 11) is 0. The van der Waals surface area contributed by atoms with Crippen LogP contribution in [-0.2, 0) is 11.3 Å². The number of benzene rings is 1. The van der Waals surface area contributed by atoms with Gasteiger partial charge in [0.2, 0.25) is 0 Å². The molecule has 0 unspecified atom stereocenters. The Balaban J connectivity index is 1.28. The van der Waals surface area contributed by atoms with Crippen LogP contribution in [0.25, 0.3) is 0 Å². The number of aromatic nitrogens is 1. The van der Waals surface area contributed by atoms with Gasteiger partial charge in [0.05, 0.1) is 11.4 Å².